The number of rotatable bonds is 7. The molecule has 0 aliphatic heterocycles. The first kappa shape index (κ1) is 19.9. The standard InChI is InChI=1S/C23H22N2O4/c1-28-18-10-7-9-16(14-18)22(26)25-20-12-5-4-11-19(20)23(27)24-15-17-8-3-6-13-21(17)29-2/h3-14H,15H2,1-2H3,(H,24,27)(H,25,26). The molecule has 0 unspecified atom stereocenters. The van der Waals surface area contributed by atoms with E-state index in [1.807, 2.05) is 24.3 Å². The molecule has 0 radical (unpaired) electrons. The Morgan fingerprint density at radius 2 is 1.59 bits per heavy atom. The molecule has 6 nitrogen and oxygen atoms in total. The normalized spacial score (nSPS) is 10.1. The van der Waals surface area contributed by atoms with E-state index >= 15 is 0 Å². The number of hydrogen-bond donors (Lipinski definition) is 2. The topological polar surface area (TPSA) is 76.7 Å². The van der Waals surface area contributed by atoms with Crippen LogP contribution in [0.5, 0.6) is 11.5 Å². The van der Waals surface area contributed by atoms with Crippen molar-refractivity contribution in [1.82, 2.24) is 5.32 Å². The van der Waals surface area contributed by atoms with Crippen molar-refractivity contribution in [3.05, 3.63) is 89.5 Å². The molecule has 0 spiro atoms. The summed E-state index contributed by atoms with van der Waals surface area (Å²) in [5.41, 5.74) is 2.10. The summed E-state index contributed by atoms with van der Waals surface area (Å²) >= 11 is 0. The van der Waals surface area contributed by atoms with Crippen LogP contribution in [0.2, 0.25) is 0 Å². The highest BCUT2D eigenvalue weighted by Crippen LogP contribution is 2.20. The van der Waals surface area contributed by atoms with Crippen LogP contribution < -0.4 is 20.1 Å². The van der Waals surface area contributed by atoms with Gasteiger partial charge in [-0.05, 0) is 36.4 Å². The predicted octanol–water partition coefficient (Wildman–Crippen LogP) is 3.89. The number of anilines is 1. The van der Waals surface area contributed by atoms with Crippen LogP contribution in [0.3, 0.4) is 0 Å². The van der Waals surface area contributed by atoms with Crippen molar-refractivity contribution in [2.24, 2.45) is 0 Å². The Morgan fingerprint density at radius 3 is 2.38 bits per heavy atom. The van der Waals surface area contributed by atoms with Crippen molar-refractivity contribution >= 4 is 17.5 Å². The molecular formula is C23H22N2O4. The van der Waals surface area contributed by atoms with E-state index < -0.39 is 0 Å². The van der Waals surface area contributed by atoms with Crippen LogP contribution in [0.1, 0.15) is 26.3 Å². The van der Waals surface area contributed by atoms with Crippen LogP contribution in [0, 0.1) is 0 Å². The molecule has 0 saturated carbocycles. The van der Waals surface area contributed by atoms with Crippen LogP contribution in [0.4, 0.5) is 5.69 Å². The molecule has 0 fully saturated rings. The van der Waals surface area contributed by atoms with E-state index in [2.05, 4.69) is 10.6 Å². The maximum Gasteiger partial charge on any atom is 0.255 e. The third-order valence-electron chi connectivity index (χ3n) is 4.38. The van der Waals surface area contributed by atoms with Crippen molar-refractivity contribution in [3.8, 4) is 11.5 Å². The van der Waals surface area contributed by atoms with E-state index in [0.29, 0.717) is 34.9 Å². The number of benzene rings is 3. The Hall–Kier alpha value is -3.80. The van der Waals surface area contributed by atoms with Gasteiger partial charge in [0.05, 0.1) is 25.5 Å². The number of methoxy groups -OCH3 is 2. The van der Waals surface area contributed by atoms with Crippen molar-refractivity contribution in [3.63, 3.8) is 0 Å². The minimum absolute atomic E-state index is 0.294. The second-order valence-electron chi connectivity index (χ2n) is 6.23. The second kappa shape index (κ2) is 9.41. The third-order valence-corrected chi connectivity index (χ3v) is 4.38. The van der Waals surface area contributed by atoms with Gasteiger partial charge in [0, 0.05) is 17.7 Å². The molecule has 0 saturated heterocycles. The van der Waals surface area contributed by atoms with Crippen molar-refractivity contribution in [1.29, 1.82) is 0 Å². The Kier molecular flexibility index (Phi) is 6.47. The largest absolute Gasteiger partial charge is 0.497 e. The maximum absolute atomic E-state index is 12.7. The van der Waals surface area contributed by atoms with Crippen LogP contribution in [0.15, 0.2) is 72.8 Å². The lowest BCUT2D eigenvalue weighted by atomic mass is 10.1. The van der Waals surface area contributed by atoms with Gasteiger partial charge < -0.3 is 20.1 Å². The lowest BCUT2D eigenvalue weighted by Gasteiger charge is -2.13. The van der Waals surface area contributed by atoms with Crippen molar-refractivity contribution in [2.75, 3.05) is 19.5 Å². The van der Waals surface area contributed by atoms with Crippen molar-refractivity contribution in [2.45, 2.75) is 6.54 Å². The van der Waals surface area contributed by atoms with Gasteiger partial charge in [0.1, 0.15) is 11.5 Å². The van der Waals surface area contributed by atoms with Gasteiger partial charge in [-0.25, -0.2) is 0 Å². The van der Waals surface area contributed by atoms with Gasteiger partial charge in [-0.15, -0.1) is 0 Å². The summed E-state index contributed by atoms with van der Waals surface area (Å²) < 4.78 is 10.5. The van der Waals surface area contributed by atoms with E-state index in [1.165, 1.54) is 0 Å². The highest BCUT2D eigenvalue weighted by molar-refractivity contribution is 6.09. The highest BCUT2D eigenvalue weighted by Gasteiger charge is 2.15. The molecule has 6 heteroatoms. The molecule has 2 N–H and O–H groups in total. The Balaban J connectivity index is 1.74. The molecule has 3 aromatic carbocycles. The molecule has 0 aliphatic carbocycles. The molecule has 0 aliphatic rings. The van der Waals surface area contributed by atoms with E-state index in [-0.39, 0.29) is 11.8 Å². The molecule has 0 bridgehead atoms. The number of amides is 2. The first-order valence-corrected chi connectivity index (χ1v) is 9.07. The quantitative estimate of drug-likeness (QED) is 0.642. The van der Waals surface area contributed by atoms with Gasteiger partial charge in [0.2, 0.25) is 0 Å². The first-order valence-electron chi connectivity index (χ1n) is 9.07. The molecule has 148 valence electrons. The maximum atomic E-state index is 12.7. The lowest BCUT2D eigenvalue weighted by Crippen LogP contribution is -2.25. The summed E-state index contributed by atoms with van der Waals surface area (Å²) in [5.74, 6) is 0.666. The fourth-order valence-corrected chi connectivity index (χ4v) is 2.87. The Morgan fingerprint density at radius 1 is 0.828 bits per heavy atom. The zero-order valence-corrected chi connectivity index (χ0v) is 16.3. The monoisotopic (exact) mass is 390 g/mol. The van der Waals surface area contributed by atoms with Crippen molar-refractivity contribution < 1.29 is 19.1 Å². The van der Waals surface area contributed by atoms with Gasteiger partial charge in [-0.2, -0.15) is 0 Å². The molecule has 0 aromatic heterocycles. The smallest absolute Gasteiger partial charge is 0.255 e. The van der Waals surface area contributed by atoms with Crippen LogP contribution in [0.25, 0.3) is 0 Å². The molecule has 3 rings (SSSR count). The fraction of sp³-hybridized carbons (Fsp3) is 0.130. The number of carbonyl (C=O) groups excluding carboxylic acids is 2. The van der Waals surface area contributed by atoms with Gasteiger partial charge in [-0.3, -0.25) is 9.59 Å². The summed E-state index contributed by atoms with van der Waals surface area (Å²) in [4.78, 5) is 25.3. The second-order valence-corrected chi connectivity index (χ2v) is 6.23. The van der Waals surface area contributed by atoms with Gasteiger partial charge in [-0.1, -0.05) is 36.4 Å². The van der Waals surface area contributed by atoms with Crippen LogP contribution in [-0.2, 0) is 6.54 Å². The third kappa shape index (κ3) is 4.93. The average Bonchev–Trinajstić information content (AvgIpc) is 2.78. The molecule has 0 atom stereocenters. The first-order chi connectivity index (χ1) is 14.1. The lowest BCUT2D eigenvalue weighted by molar-refractivity contribution is 0.0951. The number of hydrogen-bond acceptors (Lipinski definition) is 4. The fourth-order valence-electron chi connectivity index (χ4n) is 2.87. The molecule has 29 heavy (non-hydrogen) atoms. The number of nitrogens with one attached hydrogen (secondary N) is 2. The minimum Gasteiger partial charge on any atom is -0.497 e. The average molecular weight is 390 g/mol. The highest BCUT2D eigenvalue weighted by atomic mass is 16.5. The number of ether oxygens (including phenoxy) is 2. The van der Waals surface area contributed by atoms with Gasteiger partial charge >= 0.3 is 0 Å². The van der Waals surface area contributed by atoms with E-state index in [0.717, 1.165) is 5.56 Å². The summed E-state index contributed by atoms with van der Waals surface area (Å²) in [5, 5.41) is 5.67. The Labute approximate surface area is 169 Å². The SMILES string of the molecule is COc1cccc(C(=O)Nc2ccccc2C(=O)NCc2ccccc2OC)c1. The molecule has 3 aromatic rings. The van der Waals surface area contributed by atoms with Gasteiger partial charge in [0.25, 0.3) is 11.8 Å². The summed E-state index contributed by atoms with van der Waals surface area (Å²) in [6, 6.07) is 21.2. The van der Waals surface area contributed by atoms with E-state index in [4.69, 9.17) is 9.47 Å². The number of carbonyl (C=O) groups is 2. The van der Waals surface area contributed by atoms with E-state index in [1.54, 1.807) is 62.8 Å². The summed E-state index contributed by atoms with van der Waals surface area (Å²) in [7, 11) is 3.13. The molecular weight excluding hydrogens is 368 g/mol. The summed E-state index contributed by atoms with van der Waals surface area (Å²) in [6.07, 6.45) is 0. The molecule has 2 amide bonds. The van der Waals surface area contributed by atoms with E-state index in [9.17, 15) is 9.59 Å². The van der Waals surface area contributed by atoms with Gasteiger partial charge in [0.15, 0.2) is 0 Å². The molecule has 0 heterocycles. The Bertz CT molecular complexity index is 1020. The van der Waals surface area contributed by atoms with Crippen LogP contribution >= 0.6 is 0 Å². The minimum atomic E-state index is -0.325. The zero-order valence-electron chi connectivity index (χ0n) is 16.3. The predicted molar refractivity (Wildman–Crippen MR) is 112 cm³/mol. The zero-order chi connectivity index (χ0) is 20.6. The summed E-state index contributed by atoms with van der Waals surface area (Å²) in [6.45, 7) is 0.307. The van der Waals surface area contributed by atoms with Crippen LogP contribution in [-0.4, -0.2) is 26.0 Å². The number of para-hydroxylation sites is 2.